The maximum absolute atomic E-state index is 12.3. The van der Waals surface area contributed by atoms with Crippen molar-refractivity contribution in [2.24, 2.45) is 5.92 Å². The Hall–Kier alpha value is -2.56. The van der Waals surface area contributed by atoms with Crippen LogP contribution in [0.5, 0.6) is 0 Å². The molecule has 2 N–H and O–H groups in total. The molecule has 1 saturated carbocycles. The van der Waals surface area contributed by atoms with E-state index in [1.807, 2.05) is 38.1 Å². The van der Waals surface area contributed by atoms with Crippen molar-refractivity contribution < 1.29 is 14.0 Å². The first-order valence-electron chi connectivity index (χ1n) is 8.23. The van der Waals surface area contributed by atoms with E-state index in [0.29, 0.717) is 11.3 Å². The SMILES string of the molecule is Cc1cc(C(=O)NC(C)c2ccc(NC(=O)C3CC3)cc2)c(C)o1. The molecule has 0 spiro atoms. The first-order chi connectivity index (χ1) is 11.4. The Kier molecular flexibility index (Phi) is 4.42. The van der Waals surface area contributed by atoms with Gasteiger partial charge in [-0.2, -0.15) is 0 Å². The highest BCUT2D eigenvalue weighted by molar-refractivity contribution is 5.95. The molecule has 1 aliphatic rings. The molecule has 1 unspecified atom stereocenters. The van der Waals surface area contributed by atoms with Gasteiger partial charge in [-0.25, -0.2) is 0 Å². The van der Waals surface area contributed by atoms with E-state index < -0.39 is 0 Å². The van der Waals surface area contributed by atoms with Crippen molar-refractivity contribution >= 4 is 17.5 Å². The van der Waals surface area contributed by atoms with Gasteiger partial charge in [0.15, 0.2) is 0 Å². The van der Waals surface area contributed by atoms with Gasteiger partial charge in [-0.15, -0.1) is 0 Å². The number of rotatable bonds is 5. The number of anilines is 1. The van der Waals surface area contributed by atoms with Gasteiger partial charge in [0.05, 0.1) is 11.6 Å². The summed E-state index contributed by atoms with van der Waals surface area (Å²) in [6.45, 7) is 5.53. The molecule has 1 aromatic carbocycles. The third-order valence-corrected chi connectivity index (χ3v) is 4.26. The Labute approximate surface area is 141 Å². The molecule has 5 nitrogen and oxygen atoms in total. The molecule has 1 aromatic heterocycles. The topological polar surface area (TPSA) is 71.3 Å². The molecule has 0 saturated heterocycles. The smallest absolute Gasteiger partial charge is 0.255 e. The Bertz CT molecular complexity index is 757. The average molecular weight is 326 g/mol. The third kappa shape index (κ3) is 3.67. The minimum atomic E-state index is -0.150. The summed E-state index contributed by atoms with van der Waals surface area (Å²) >= 11 is 0. The van der Waals surface area contributed by atoms with Crippen molar-refractivity contribution in [1.29, 1.82) is 0 Å². The van der Waals surface area contributed by atoms with Gasteiger partial charge < -0.3 is 15.1 Å². The van der Waals surface area contributed by atoms with Crippen molar-refractivity contribution in [2.75, 3.05) is 5.32 Å². The lowest BCUT2D eigenvalue weighted by molar-refractivity contribution is -0.117. The van der Waals surface area contributed by atoms with Gasteiger partial charge >= 0.3 is 0 Å². The van der Waals surface area contributed by atoms with Crippen molar-refractivity contribution in [3.05, 3.63) is 53.0 Å². The summed E-state index contributed by atoms with van der Waals surface area (Å²) in [4.78, 5) is 24.1. The van der Waals surface area contributed by atoms with Crippen LogP contribution >= 0.6 is 0 Å². The average Bonchev–Trinajstić information content (AvgIpc) is 3.33. The fourth-order valence-corrected chi connectivity index (χ4v) is 2.66. The number of aryl methyl sites for hydroxylation is 2. The Balaban J connectivity index is 1.62. The second-order valence-electron chi connectivity index (χ2n) is 6.41. The highest BCUT2D eigenvalue weighted by atomic mass is 16.3. The molecule has 1 atom stereocenters. The van der Waals surface area contributed by atoms with Crippen LogP contribution in [-0.4, -0.2) is 11.8 Å². The number of hydrogen-bond donors (Lipinski definition) is 2. The molecule has 0 bridgehead atoms. The molecule has 126 valence electrons. The quantitative estimate of drug-likeness (QED) is 0.879. The standard InChI is InChI=1S/C19H22N2O3/c1-11-10-17(13(3)24-11)19(23)20-12(2)14-6-8-16(9-7-14)21-18(22)15-4-5-15/h6-10,12,15H,4-5H2,1-3H3,(H,20,23)(H,21,22). The maximum atomic E-state index is 12.3. The molecule has 1 heterocycles. The number of benzene rings is 1. The zero-order chi connectivity index (χ0) is 17.3. The van der Waals surface area contributed by atoms with Crippen LogP contribution < -0.4 is 10.6 Å². The Morgan fingerprint density at radius 1 is 1.17 bits per heavy atom. The van der Waals surface area contributed by atoms with E-state index in [9.17, 15) is 9.59 Å². The van der Waals surface area contributed by atoms with Crippen LogP contribution in [0.1, 0.15) is 53.2 Å². The van der Waals surface area contributed by atoms with Crippen molar-refractivity contribution in [2.45, 2.75) is 39.7 Å². The minimum Gasteiger partial charge on any atom is -0.466 e. The lowest BCUT2D eigenvalue weighted by Crippen LogP contribution is -2.26. The van der Waals surface area contributed by atoms with Crippen molar-refractivity contribution in [1.82, 2.24) is 5.32 Å². The molecule has 2 aromatic rings. The number of carbonyl (C=O) groups is 2. The Morgan fingerprint density at radius 2 is 1.83 bits per heavy atom. The van der Waals surface area contributed by atoms with Gasteiger partial charge in [-0.3, -0.25) is 9.59 Å². The van der Waals surface area contributed by atoms with Crippen LogP contribution in [0.4, 0.5) is 5.69 Å². The van der Waals surface area contributed by atoms with Gasteiger partial charge in [0.2, 0.25) is 5.91 Å². The van der Waals surface area contributed by atoms with Gasteiger partial charge in [0.1, 0.15) is 11.5 Å². The maximum Gasteiger partial charge on any atom is 0.255 e. The first kappa shape index (κ1) is 16.3. The van der Waals surface area contributed by atoms with Crippen LogP contribution in [-0.2, 0) is 4.79 Å². The van der Waals surface area contributed by atoms with E-state index in [0.717, 1.165) is 29.9 Å². The monoisotopic (exact) mass is 326 g/mol. The lowest BCUT2D eigenvalue weighted by atomic mass is 10.1. The van der Waals surface area contributed by atoms with Gasteiger partial charge in [-0.1, -0.05) is 12.1 Å². The summed E-state index contributed by atoms with van der Waals surface area (Å²) in [6.07, 6.45) is 1.97. The third-order valence-electron chi connectivity index (χ3n) is 4.26. The van der Waals surface area contributed by atoms with Gasteiger partial charge in [-0.05, 0) is 57.4 Å². The van der Waals surface area contributed by atoms with Gasteiger partial charge in [0, 0.05) is 11.6 Å². The van der Waals surface area contributed by atoms with E-state index >= 15 is 0 Å². The molecular formula is C19H22N2O3. The van der Waals surface area contributed by atoms with E-state index in [1.165, 1.54) is 0 Å². The number of amides is 2. The lowest BCUT2D eigenvalue weighted by Gasteiger charge is -2.15. The summed E-state index contributed by atoms with van der Waals surface area (Å²) in [6, 6.07) is 9.17. The number of carbonyl (C=O) groups excluding carboxylic acids is 2. The summed E-state index contributed by atoms with van der Waals surface area (Å²) in [5.74, 6) is 1.47. The second-order valence-corrected chi connectivity index (χ2v) is 6.41. The molecular weight excluding hydrogens is 304 g/mol. The van der Waals surface area contributed by atoms with Crippen molar-refractivity contribution in [3.8, 4) is 0 Å². The molecule has 1 fully saturated rings. The summed E-state index contributed by atoms with van der Waals surface area (Å²) in [7, 11) is 0. The normalized spacial score (nSPS) is 15.0. The fourth-order valence-electron chi connectivity index (χ4n) is 2.66. The second kappa shape index (κ2) is 6.51. The molecule has 2 amide bonds. The Morgan fingerprint density at radius 3 is 2.38 bits per heavy atom. The van der Waals surface area contributed by atoms with Gasteiger partial charge in [0.25, 0.3) is 5.91 Å². The predicted octanol–water partition coefficient (Wildman–Crippen LogP) is 3.74. The largest absolute Gasteiger partial charge is 0.466 e. The van der Waals surface area contributed by atoms with E-state index in [-0.39, 0.29) is 23.8 Å². The summed E-state index contributed by atoms with van der Waals surface area (Å²) in [5.41, 5.74) is 2.33. The van der Waals surface area contributed by atoms with E-state index in [4.69, 9.17) is 4.42 Å². The molecule has 3 rings (SSSR count). The zero-order valence-corrected chi connectivity index (χ0v) is 14.2. The fraction of sp³-hybridized carbons (Fsp3) is 0.368. The molecule has 1 aliphatic carbocycles. The van der Waals surface area contributed by atoms with Crippen LogP contribution in [0.15, 0.2) is 34.7 Å². The van der Waals surface area contributed by atoms with E-state index in [2.05, 4.69) is 10.6 Å². The van der Waals surface area contributed by atoms with Crippen LogP contribution in [0.3, 0.4) is 0 Å². The number of furan rings is 1. The minimum absolute atomic E-state index is 0.0925. The van der Waals surface area contributed by atoms with Crippen molar-refractivity contribution in [3.63, 3.8) is 0 Å². The highest BCUT2D eigenvalue weighted by Crippen LogP contribution is 2.30. The number of nitrogens with one attached hydrogen (secondary N) is 2. The van der Waals surface area contributed by atoms with Crippen LogP contribution in [0, 0.1) is 19.8 Å². The zero-order valence-electron chi connectivity index (χ0n) is 14.2. The molecule has 0 radical (unpaired) electrons. The highest BCUT2D eigenvalue weighted by Gasteiger charge is 2.29. The molecule has 24 heavy (non-hydrogen) atoms. The summed E-state index contributed by atoms with van der Waals surface area (Å²) in [5, 5.41) is 5.88. The summed E-state index contributed by atoms with van der Waals surface area (Å²) < 4.78 is 5.40. The van der Waals surface area contributed by atoms with Crippen LogP contribution in [0.2, 0.25) is 0 Å². The molecule has 5 heteroatoms. The van der Waals surface area contributed by atoms with E-state index in [1.54, 1.807) is 13.0 Å². The predicted molar refractivity (Wildman–Crippen MR) is 91.9 cm³/mol. The molecule has 0 aliphatic heterocycles. The first-order valence-corrected chi connectivity index (χ1v) is 8.23. The number of hydrogen-bond acceptors (Lipinski definition) is 3. The van der Waals surface area contributed by atoms with Crippen LogP contribution in [0.25, 0.3) is 0 Å².